The molecular weight excluding hydrogens is 432 g/mol. The van der Waals surface area contributed by atoms with Gasteiger partial charge >= 0.3 is 0 Å². The highest BCUT2D eigenvalue weighted by Crippen LogP contribution is 2.26. The third kappa shape index (κ3) is 5.38. The minimum atomic E-state index is -4.04. The van der Waals surface area contributed by atoms with Crippen molar-refractivity contribution in [1.82, 2.24) is 4.31 Å². The first-order valence-corrected chi connectivity index (χ1v) is 9.59. The van der Waals surface area contributed by atoms with Crippen LogP contribution in [0.25, 0.3) is 0 Å². The van der Waals surface area contributed by atoms with Crippen LogP contribution in [-0.2, 0) is 10.0 Å². The molecule has 0 heterocycles. The van der Waals surface area contributed by atoms with E-state index in [1.807, 2.05) is 0 Å². The van der Waals surface area contributed by atoms with Gasteiger partial charge in [0.15, 0.2) is 11.6 Å². The van der Waals surface area contributed by atoms with Crippen LogP contribution >= 0.6 is 12.4 Å². The molecule has 29 heavy (non-hydrogen) atoms. The van der Waals surface area contributed by atoms with E-state index in [1.165, 1.54) is 7.11 Å². The highest BCUT2D eigenvalue weighted by atomic mass is 35.5. The maximum atomic E-state index is 14.2. The predicted molar refractivity (Wildman–Crippen MR) is 105 cm³/mol. The molecule has 0 aliphatic rings. The smallest absolute Gasteiger partial charge is 0.269 e. The van der Waals surface area contributed by atoms with Crippen molar-refractivity contribution in [3.05, 3.63) is 63.7 Å². The van der Waals surface area contributed by atoms with Gasteiger partial charge in [0.1, 0.15) is 5.82 Å². The zero-order valence-electron chi connectivity index (χ0n) is 15.5. The molecule has 2 aromatic carbocycles. The quantitative estimate of drug-likeness (QED) is 0.487. The van der Waals surface area contributed by atoms with Crippen LogP contribution in [0.3, 0.4) is 0 Å². The first kappa shape index (κ1) is 24.7. The lowest BCUT2D eigenvalue weighted by Crippen LogP contribution is -2.37. The van der Waals surface area contributed by atoms with E-state index < -0.39 is 32.6 Å². The second kappa shape index (κ2) is 9.92. The lowest BCUT2D eigenvalue weighted by atomic mass is 10.1. The number of benzene rings is 2. The van der Waals surface area contributed by atoms with Crippen LogP contribution in [0, 0.1) is 21.7 Å². The summed E-state index contributed by atoms with van der Waals surface area (Å²) in [4.78, 5) is 9.89. The zero-order valence-corrected chi connectivity index (χ0v) is 17.2. The van der Waals surface area contributed by atoms with Crippen molar-refractivity contribution in [1.29, 1.82) is 0 Å². The molecule has 0 aromatic heterocycles. The Morgan fingerprint density at radius 2 is 1.79 bits per heavy atom. The number of nitro benzene ring substituents is 1. The third-order valence-corrected chi connectivity index (χ3v) is 6.06. The third-order valence-electron chi connectivity index (χ3n) is 4.11. The monoisotopic (exact) mass is 451 g/mol. The van der Waals surface area contributed by atoms with Gasteiger partial charge in [-0.15, -0.1) is 12.4 Å². The Kier molecular flexibility index (Phi) is 8.45. The van der Waals surface area contributed by atoms with Crippen molar-refractivity contribution in [3.8, 4) is 5.75 Å². The van der Waals surface area contributed by atoms with Crippen LogP contribution in [0.15, 0.2) is 41.3 Å². The fourth-order valence-electron chi connectivity index (χ4n) is 2.59. The number of hydrogen-bond acceptors (Lipinski definition) is 6. The predicted octanol–water partition coefficient (Wildman–Crippen LogP) is 3.01. The number of rotatable bonds is 8. The zero-order chi connectivity index (χ0) is 21.1. The lowest BCUT2D eigenvalue weighted by molar-refractivity contribution is -0.384. The standard InChI is InChI=1S/C17H19F2N3O5S.ClH/c1-3-21(28(25,26)12-6-4-11(5-7-12)22(23)24)10-16(20)13-8-15(19)17(27-2)9-14(13)18;/h4-9,16H,3,10,20H2,1-2H3;1H. The van der Waals surface area contributed by atoms with Gasteiger partial charge in [0.2, 0.25) is 10.0 Å². The second-order valence-corrected chi connectivity index (χ2v) is 7.76. The number of hydrogen-bond donors (Lipinski definition) is 1. The van der Waals surface area contributed by atoms with Gasteiger partial charge in [-0.1, -0.05) is 6.92 Å². The lowest BCUT2D eigenvalue weighted by Gasteiger charge is -2.24. The number of nitro groups is 1. The molecule has 1 atom stereocenters. The minimum Gasteiger partial charge on any atom is -0.494 e. The minimum absolute atomic E-state index is 0. The summed E-state index contributed by atoms with van der Waals surface area (Å²) < 4.78 is 59.3. The molecule has 8 nitrogen and oxygen atoms in total. The molecule has 2 aromatic rings. The molecule has 12 heteroatoms. The highest BCUT2D eigenvalue weighted by molar-refractivity contribution is 7.89. The second-order valence-electron chi connectivity index (χ2n) is 5.82. The van der Waals surface area contributed by atoms with E-state index in [0.29, 0.717) is 0 Å². The van der Waals surface area contributed by atoms with Gasteiger partial charge in [-0.25, -0.2) is 17.2 Å². The van der Waals surface area contributed by atoms with Crippen molar-refractivity contribution in [2.45, 2.75) is 17.9 Å². The first-order chi connectivity index (χ1) is 13.1. The van der Waals surface area contributed by atoms with E-state index in [2.05, 4.69) is 0 Å². The van der Waals surface area contributed by atoms with Gasteiger partial charge in [0.25, 0.3) is 5.69 Å². The summed E-state index contributed by atoms with van der Waals surface area (Å²) >= 11 is 0. The van der Waals surface area contributed by atoms with Gasteiger partial charge in [-0.3, -0.25) is 10.1 Å². The van der Waals surface area contributed by atoms with Crippen molar-refractivity contribution in [2.75, 3.05) is 20.2 Å². The van der Waals surface area contributed by atoms with Crippen molar-refractivity contribution < 1.29 is 26.9 Å². The molecule has 0 saturated carbocycles. The Bertz CT molecular complexity index is 974. The van der Waals surface area contributed by atoms with Gasteiger partial charge in [0.05, 0.1) is 16.9 Å². The van der Waals surface area contributed by atoms with E-state index in [0.717, 1.165) is 40.7 Å². The normalized spacial score (nSPS) is 12.3. The molecule has 0 aliphatic carbocycles. The van der Waals surface area contributed by atoms with Gasteiger partial charge in [-0.05, 0) is 18.2 Å². The van der Waals surface area contributed by atoms with E-state index in [-0.39, 0.29) is 47.4 Å². The maximum absolute atomic E-state index is 14.2. The number of non-ortho nitro benzene ring substituents is 1. The Balaban J connectivity index is 0.00000420. The van der Waals surface area contributed by atoms with Crippen LogP contribution in [-0.4, -0.2) is 37.8 Å². The number of sulfonamides is 1. The van der Waals surface area contributed by atoms with E-state index in [1.54, 1.807) is 6.92 Å². The summed E-state index contributed by atoms with van der Waals surface area (Å²) in [6, 6.07) is 4.91. The number of ether oxygens (including phenoxy) is 1. The summed E-state index contributed by atoms with van der Waals surface area (Å²) in [6.45, 7) is 1.24. The number of nitrogens with zero attached hydrogens (tertiary/aromatic N) is 2. The summed E-state index contributed by atoms with van der Waals surface area (Å²) in [6.07, 6.45) is 0. The summed E-state index contributed by atoms with van der Waals surface area (Å²) in [5.41, 5.74) is 5.47. The Hall–Kier alpha value is -2.34. The molecule has 160 valence electrons. The fourth-order valence-corrected chi connectivity index (χ4v) is 4.06. The fraction of sp³-hybridized carbons (Fsp3) is 0.294. The summed E-state index contributed by atoms with van der Waals surface area (Å²) in [7, 11) is -2.86. The van der Waals surface area contributed by atoms with Crippen LogP contribution < -0.4 is 10.5 Å². The van der Waals surface area contributed by atoms with Gasteiger partial charge in [-0.2, -0.15) is 4.31 Å². The molecule has 0 bridgehead atoms. The molecule has 2 rings (SSSR count). The molecule has 1 unspecified atom stereocenters. The Morgan fingerprint density at radius 1 is 1.21 bits per heavy atom. The van der Waals surface area contributed by atoms with Gasteiger partial charge < -0.3 is 10.5 Å². The van der Waals surface area contributed by atoms with E-state index in [4.69, 9.17) is 10.5 Å². The Labute approximate surface area is 172 Å². The molecule has 0 saturated heterocycles. The van der Waals surface area contributed by atoms with Crippen molar-refractivity contribution in [2.24, 2.45) is 5.73 Å². The van der Waals surface area contributed by atoms with Crippen molar-refractivity contribution >= 4 is 28.1 Å². The topological polar surface area (TPSA) is 116 Å². The molecular formula is C17H20ClF2N3O5S. The van der Waals surface area contributed by atoms with Crippen LogP contribution in [0.2, 0.25) is 0 Å². The highest BCUT2D eigenvalue weighted by Gasteiger charge is 2.27. The first-order valence-electron chi connectivity index (χ1n) is 8.15. The number of nitrogens with two attached hydrogens (primary N) is 1. The number of methoxy groups -OCH3 is 1. The van der Waals surface area contributed by atoms with Crippen molar-refractivity contribution in [3.63, 3.8) is 0 Å². The Morgan fingerprint density at radius 3 is 2.28 bits per heavy atom. The molecule has 0 amide bonds. The average molecular weight is 452 g/mol. The van der Waals surface area contributed by atoms with Crippen LogP contribution in [0.1, 0.15) is 18.5 Å². The number of halogens is 3. The molecule has 0 radical (unpaired) electrons. The van der Waals surface area contributed by atoms with Crippen LogP contribution in [0.5, 0.6) is 5.75 Å². The summed E-state index contributed by atoms with van der Waals surface area (Å²) in [5.74, 6) is -1.94. The summed E-state index contributed by atoms with van der Waals surface area (Å²) in [5, 5.41) is 10.7. The molecule has 0 spiro atoms. The van der Waals surface area contributed by atoms with E-state index >= 15 is 0 Å². The molecule has 0 aliphatic heterocycles. The van der Waals surface area contributed by atoms with E-state index in [9.17, 15) is 27.3 Å². The average Bonchev–Trinajstić information content (AvgIpc) is 2.67. The molecule has 2 N–H and O–H groups in total. The largest absolute Gasteiger partial charge is 0.494 e. The SMILES string of the molecule is CCN(CC(N)c1cc(F)c(OC)cc1F)S(=O)(=O)c1ccc([N+](=O)[O-])cc1.Cl. The maximum Gasteiger partial charge on any atom is 0.269 e. The van der Waals surface area contributed by atoms with Gasteiger partial charge in [0, 0.05) is 42.9 Å². The van der Waals surface area contributed by atoms with Crippen LogP contribution in [0.4, 0.5) is 14.5 Å². The number of likely N-dealkylation sites (N-methyl/N-ethyl adjacent to an activating group) is 1. The molecule has 0 fully saturated rings.